The molecule has 0 bridgehead atoms. The van der Waals surface area contributed by atoms with Gasteiger partial charge in [0.25, 0.3) is 0 Å². The van der Waals surface area contributed by atoms with Crippen molar-refractivity contribution < 1.29 is 4.74 Å². The molecule has 0 unspecified atom stereocenters. The molecule has 0 aliphatic heterocycles. The molecule has 108 valence electrons. The zero-order valence-corrected chi connectivity index (χ0v) is 13.6. The minimum Gasteiger partial charge on any atom is -0.398 e. The molecule has 0 saturated carbocycles. The molecule has 2 rings (SSSR count). The van der Waals surface area contributed by atoms with Crippen molar-refractivity contribution in [1.82, 2.24) is 4.98 Å². The van der Waals surface area contributed by atoms with Crippen LogP contribution >= 0.6 is 15.9 Å². The summed E-state index contributed by atoms with van der Waals surface area (Å²) in [6.07, 6.45) is 1.81. The van der Waals surface area contributed by atoms with Crippen molar-refractivity contribution in [2.24, 2.45) is 0 Å². The summed E-state index contributed by atoms with van der Waals surface area (Å²) in [5.74, 6) is 0. The average molecular weight is 338 g/mol. The zero-order chi connectivity index (χ0) is 14.7. The normalized spacial score (nSPS) is 11.2. The van der Waals surface area contributed by atoms with Gasteiger partial charge >= 0.3 is 0 Å². The maximum absolute atomic E-state index is 6.07. The van der Waals surface area contributed by atoms with Gasteiger partial charge in [-0.1, -0.05) is 0 Å². The average Bonchev–Trinajstić information content (AvgIpc) is 2.41. The van der Waals surface area contributed by atoms with Gasteiger partial charge in [0, 0.05) is 41.4 Å². The molecule has 1 aromatic heterocycles. The standard InChI is InChI=1S/C15H20BrN3O/c1-10(2)19(6-7-20-3)14-5-4-13(17)12-8-11(16)9-18-15(12)14/h4-5,8-10H,6-7,17H2,1-3H3. The predicted octanol–water partition coefficient (Wildman–Crippen LogP) is 3.44. The lowest BCUT2D eigenvalue weighted by atomic mass is 10.1. The van der Waals surface area contributed by atoms with Crippen molar-refractivity contribution in [3.63, 3.8) is 0 Å². The summed E-state index contributed by atoms with van der Waals surface area (Å²) in [7, 11) is 1.72. The highest BCUT2D eigenvalue weighted by Crippen LogP contribution is 2.31. The second kappa shape index (κ2) is 6.41. The number of aromatic nitrogens is 1. The van der Waals surface area contributed by atoms with Crippen molar-refractivity contribution in [3.05, 3.63) is 28.9 Å². The van der Waals surface area contributed by atoms with Gasteiger partial charge in [0.15, 0.2) is 0 Å². The summed E-state index contributed by atoms with van der Waals surface area (Å²) in [4.78, 5) is 6.83. The fraction of sp³-hybridized carbons (Fsp3) is 0.400. The summed E-state index contributed by atoms with van der Waals surface area (Å²) in [6, 6.07) is 6.35. The quantitative estimate of drug-likeness (QED) is 0.849. The van der Waals surface area contributed by atoms with E-state index in [9.17, 15) is 0 Å². The largest absolute Gasteiger partial charge is 0.398 e. The molecular formula is C15H20BrN3O. The van der Waals surface area contributed by atoms with Gasteiger partial charge in [0.1, 0.15) is 0 Å². The monoisotopic (exact) mass is 337 g/mol. The lowest BCUT2D eigenvalue weighted by Crippen LogP contribution is -2.34. The smallest absolute Gasteiger partial charge is 0.0956 e. The molecule has 5 heteroatoms. The highest BCUT2D eigenvalue weighted by Gasteiger charge is 2.15. The molecule has 0 radical (unpaired) electrons. The van der Waals surface area contributed by atoms with E-state index in [1.165, 1.54) is 0 Å². The van der Waals surface area contributed by atoms with Crippen molar-refractivity contribution in [3.8, 4) is 0 Å². The van der Waals surface area contributed by atoms with Crippen molar-refractivity contribution in [1.29, 1.82) is 0 Å². The van der Waals surface area contributed by atoms with Gasteiger partial charge in [-0.3, -0.25) is 4.98 Å². The van der Waals surface area contributed by atoms with Crippen molar-refractivity contribution in [2.45, 2.75) is 19.9 Å². The van der Waals surface area contributed by atoms with E-state index < -0.39 is 0 Å². The van der Waals surface area contributed by atoms with E-state index in [1.54, 1.807) is 13.3 Å². The third-order valence-corrected chi connectivity index (χ3v) is 3.73. The van der Waals surface area contributed by atoms with Crippen LogP contribution in [0.1, 0.15) is 13.8 Å². The van der Waals surface area contributed by atoms with Gasteiger partial charge in [0.05, 0.1) is 17.8 Å². The van der Waals surface area contributed by atoms with E-state index >= 15 is 0 Å². The minimum atomic E-state index is 0.363. The third-order valence-electron chi connectivity index (χ3n) is 3.30. The summed E-state index contributed by atoms with van der Waals surface area (Å²) < 4.78 is 6.14. The van der Waals surface area contributed by atoms with Crippen LogP contribution in [0.15, 0.2) is 28.9 Å². The Morgan fingerprint density at radius 3 is 2.80 bits per heavy atom. The number of anilines is 2. The number of hydrogen-bond donors (Lipinski definition) is 1. The molecule has 0 aliphatic carbocycles. The molecular weight excluding hydrogens is 318 g/mol. The maximum Gasteiger partial charge on any atom is 0.0956 e. The van der Waals surface area contributed by atoms with Crippen LogP contribution in [0.4, 0.5) is 11.4 Å². The fourth-order valence-electron chi connectivity index (χ4n) is 2.28. The van der Waals surface area contributed by atoms with Gasteiger partial charge in [-0.05, 0) is 48.0 Å². The Labute approximate surface area is 128 Å². The molecule has 1 heterocycles. The van der Waals surface area contributed by atoms with Crippen LogP contribution < -0.4 is 10.6 Å². The lowest BCUT2D eigenvalue weighted by Gasteiger charge is -2.29. The summed E-state index contributed by atoms with van der Waals surface area (Å²) in [5.41, 5.74) is 8.83. The second-order valence-electron chi connectivity index (χ2n) is 5.00. The SMILES string of the molecule is COCCN(c1ccc(N)c2cc(Br)cnc12)C(C)C. The van der Waals surface area contributed by atoms with Gasteiger partial charge in [-0.25, -0.2) is 0 Å². The molecule has 1 aromatic carbocycles. The number of nitrogens with zero attached hydrogens (tertiary/aromatic N) is 2. The number of benzene rings is 1. The summed E-state index contributed by atoms with van der Waals surface area (Å²) in [6.45, 7) is 5.83. The van der Waals surface area contributed by atoms with Crippen LogP contribution in [0.2, 0.25) is 0 Å². The molecule has 0 spiro atoms. The Balaban J connectivity index is 2.55. The first-order valence-electron chi connectivity index (χ1n) is 6.64. The first-order valence-corrected chi connectivity index (χ1v) is 7.43. The lowest BCUT2D eigenvalue weighted by molar-refractivity contribution is 0.204. The Hall–Kier alpha value is -1.33. The van der Waals surface area contributed by atoms with Gasteiger partial charge in [-0.15, -0.1) is 0 Å². The van der Waals surface area contributed by atoms with E-state index in [0.29, 0.717) is 12.6 Å². The highest BCUT2D eigenvalue weighted by molar-refractivity contribution is 9.10. The molecule has 0 aliphatic rings. The number of halogens is 1. The highest BCUT2D eigenvalue weighted by atomic mass is 79.9. The number of fused-ring (bicyclic) bond motifs is 1. The van der Waals surface area contributed by atoms with Gasteiger partial charge in [0.2, 0.25) is 0 Å². The van der Waals surface area contributed by atoms with E-state index in [2.05, 4.69) is 39.7 Å². The molecule has 0 fully saturated rings. The first-order chi connectivity index (χ1) is 9.54. The van der Waals surface area contributed by atoms with Crippen LogP contribution in [0.5, 0.6) is 0 Å². The number of nitrogen functional groups attached to an aromatic ring is 1. The number of ether oxygens (including phenoxy) is 1. The topological polar surface area (TPSA) is 51.4 Å². The van der Waals surface area contributed by atoms with Crippen molar-refractivity contribution >= 4 is 38.2 Å². The van der Waals surface area contributed by atoms with Gasteiger partial charge < -0.3 is 15.4 Å². The van der Waals surface area contributed by atoms with Crippen LogP contribution in [0.3, 0.4) is 0 Å². The number of rotatable bonds is 5. The summed E-state index contributed by atoms with van der Waals surface area (Å²) >= 11 is 3.45. The Morgan fingerprint density at radius 1 is 1.40 bits per heavy atom. The van der Waals surface area contributed by atoms with Crippen LogP contribution in [-0.2, 0) is 4.74 Å². The van der Waals surface area contributed by atoms with Crippen LogP contribution in [0, 0.1) is 0 Å². The van der Waals surface area contributed by atoms with Gasteiger partial charge in [-0.2, -0.15) is 0 Å². The van der Waals surface area contributed by atoms with Crippen LogP contribution in [-0.4, -0.2) is 31.3 Å². The van der Waals surface area contributed by atoms with Crippen LogP contribution in [0.25, 0.3) is 10.9 Å². The summed E-state index contributed by atoms with van der Waals surface area (Å²) in [5, 5.41) is 0.972. The Morgan fingerprint density at radius 2 is 2.15 bits per heavy atom. The number of nitrogens with two attached hydrogens (primary N) is 1. The Bertz CT molecular complexity index is 601. The van der Waals surface area contributed by atoms with Crippen molar-refractivity contribution in [2.75, 3.05) is 30.9 Å². The molecule has 2 N–H and O–H groups in total. The Kier molecular flexibility index (Phi) is 4.83. The number of methoxy groups -OCH3 is 1. The molecule has 20 heavy (non-hydrogen) atoms. The zero-order valence-electron chi connectivity index (χ0n) is 12.1. The third kappa shape index (κ3) is 3.04. The van der Waals surface area contributed by atoms with E-state index in [0.717, 1.165) is 33.3 Å². The second-order valence-corrected chi connectivity index (χ2v) is 5.92. The molecule has 0 amide bonds. The van der Waals surface area contributed by atoms with E-state index in [-0.39, 0.29) is 0 Å². The number of pyridine rings is 1. The maximum atomic E-state index is 6.07. The van der Waals surface area contributed by atoms with E-state index in [1.807, 2.05) is 18.2 Å². The minimum absolute atomic E-state index is 0.363. The van der Waals surface area contributed by atoms with E-state index in [4.69, 9.17) is 10.5 Å². The number of hydrogen-bond acceptors (Lipinski definition) is 4. The fourth-order valence-corrected chi connectivity index (χ4v) is 2.61. The molecule has 0 saturated heterocycles. The predicted molar refractivity (Wildman–Crippen MR) is 88.2 cm³/mol. The molecule has 2 aromatic rings. The first kappa shape index (κ1) is 15.1. The molecule has 4 nitrogen and oxygen atoms in total. The molecule has 0 atom stereocenters.